The molecule has 4 heteroatoms. The Kier molecular flexibility index (Phi) is 4.72. The lowest BCUT2D eigenvalue weighted by atomic mass is 9.91. The van der Waals surface area contributed by atoms with Crippen LogP contribution in [0.2, 0.25) is 0 Å². The van der Waals surface area contributed by atoms with E-state index in [2.05, 4.69) is 26.1 Å². The zero-order valence-electron chi connectivity index (χ0n) is 13.5. The van der Waals surface area contributed by atoms with Crippen LogP contribution in [0.3, 0.4) is 0 Å². The monoisotopic (exact) mass is 305 g/mol. The molecule has 3 nitrogen and oxygen atoms in total. The Bertz CT molecular complexity index is 499. The molecule has 1 N–H and O–H groups in total. The van der Waals surface area contributed by atoms with Gasteiger partial charge in [-0.1, -0.05) is 19.8 Å². The van der Waals surface area contributed by atoms with E-state index in [4.69, 9.17) is 9.97 Å². The summed E-state index contributed by atoms with van der Waals surface area (Å²) in [4.78, 5) is 9.67. The second-order valence-electron chi connectivity index (χ2n) is 6.68. The van der Waals surface area contributed by atoms with Gasteiger partial charge in [0.25, 0.3) is 0 Å². The molecule has 2 fully saturated rings. The fraction of sp³-hybridized carbons (Fsp3) is 0.765. The molecule has 1 aromatic rings. The lowest BCUT2D eigenvalue weighted by Gasteiger charge is -2.26. The molecule has 0 bridgehead atoms. The third-order valence-corrected chi connectivity index (χ3v) is 5.95. The molecule has 2 unspecified atom stereocenters. The van der Waals surface area contributed by atoms with E-state index in [9.17, 15) is 0 Å². The highest BCUT2D eigenvalue weighted by atomic mass is 32.2. The number of hydrogen-bond donors (Lipinski definition) is 1. The first-order valence-electron chi connectivity index (χ1n) is 8.46. The van der Waals surface area contributed by atoms with E-state index in [0.29, 0.717) is 5.92 Å². The zero-order valence-corrected chi connectivity index (χ0v) is 14.3. The van der Waals surface area contributed by atoms with Crippen LogP contribution >= 0.6 is 11.8 Å². The molecule has 0 aromatic carbocycles. The van der Waals surface area contributed by atoms with Crippen molar-refractivity contribution in [3.05, 3.63) is 11.4 Å². The van der Waals surface area contributed by atoms with Gasteiger partial charge in [-0.25, -0.2) is 9.97 Å². The molecule has 0 radical (unpaired) electrons. The second kappa shape index (κ2) is 6.55. The average molecular weight is 305 g/mol. The molecule has 2 aliphatic rings. The molecular formula is C17H27N3S. The topological polar surface area (TPSA) is 37.8 Å². The van der Waals surface area contributed by atoms with Gasteiger partial charge in [-0.3, -0.25) is 0 Å². The molecule has 0 amide bonds. The predicted octanol–water partition coefficient (Wildman–Crippen LogP) is 4.77. The average Bonchev–Trinajstić information content (AvgIpc) is 3.28. The van der Waals surface area contributed by atoms with Gasteiger partial charge in [-0.15, -0.1) is 11.8 Å². The molecule has 2 atom stereocenters. The van der Waals surface area contributed by atoms with Crippen LogP contribution in [0.25, 0.3) is 0 Å². The minimum Gasteiger partial charge on any atom is -0.370 e. The van der Waals surface area contributed by atoms with Crippen LogP contribution in [0.1, 0.15) is 69.7 Å². The van der Waals surface area contributed by atoms with Crippen LogP contribution in [0.4, 0.5) is 5.82 Å². The highest BCUT2D eigenvalue weighted by Crippen LogP contribution is 2.42. The van der Waals surface area contributed by atoms with Crippen molar-refractivity contribution < 1.29 is 0 Å². The van der Waals surface area contributed by atoms with Gasteiger partial charge in [0.2, 0.25) is 0 Å². The second-order valence-corrected chi connectivity index (χ2v) is 7.97. The van der Waals surface area contributed by atoms with Crippen LogP contribution in [0.15, 0.2) is 5.03 Å². The van der Waals surface area contributed by atoms with Crippen molar-refractivity contribution in [3.8, 4) is 0 Å². The summed E-state index contributed by atoms with van der Waals surface area (Å²) < 4.78 is 0. The first-order chi connectivity index (χ1) is 10.2. The minimum absolute atomic E-state index is 0.618. The summed E-state index contributed by atoms with van der Waals surface area (Å²) in [6.07, 6.45) is 7.98. The number of aromatic nitrogens is 2. The Morgan fingerprint density at radius 3 is 2.67 bits per heavy atom. The van der Waals surface area contributed by atoms with Crippen molar-refractivity contribution in [3.63, 3.8) is 0 Å². The van der Waals surface area contributed by atoms with E-state index in [1.165, 1.54) is 49.1 Å². The Hall–Kier alpha value is -0.770. The Balaban J connectivity index is 1.81. The van der Waals surface area contributed by atoms with Crippen LogP contribution < -0.4 is 5.32 Å². The summed E-state index contributed by atoms with van der Waals surface area (Å²) in [5.74, 6) is 3.62. The van der Waals surface area contributed by atoms with Crippen LogP contribution in [-0.2, 0) is 0 Å². The van der Waals surface area contributed by atoms with Crippen molar-refractivity contribution >= 4 is 17.6 Å². The summed E-state index contributed by atoms with van der Waals surface area (Å²) in [6.45, 7) is 7.61. The van der Waals surface area contributed by atoms with E-state index in [1.54, 1.807) is 0 Å². The van der Waals surface area contributed by atoms with Gasteiger partial charge in [0, 0.05) is 23.3 Å². The molecular weight excluding hydrogens is 278 g/mol. The summed E-state index contributed by atoms with van der Waals surface area (Å²) in [5.41, 5.74) is 1.24. The standard InChI is InChI=1S/C17H27N3S/c1-4-18-15-12(3)17(20-16(19-15)13-8-9-13)21-14-7-5-6-11(2)10-14/h11,13-14H,4-10H2,1-3H3,(H,18,19,20). The van der Waals surface area contributed by atoms with Crippen LogP contribution in [-0.4, -0.2) is 21.8 Å². The van der Waals surface area contributed by atoms with Crippen LogP contribution in [0.5, 0.6) is 0 Å². The third kappa shape index (κ3) is 3.71. The highest BCUT2D eigenvalue weighted by Gasteiger charge is 2.29. The number of hydrogen-bond acceptors (Lipinski definition) is 4. The molecule has 0 aliphatic heterocycles. The van der Waals surface area contributed by atoms with Crippen molar-refractivity contribution in [1.82, 2.24) is 9.97 Å². The molecule has 1 heterocycles. The van der Waals surface area contributed by atoms with Gasteiger partial charge in [0.15, 0.2) is 0 Å². The largest absolute Gasteiger partial charge is 0.370 e. The summed E-state index contributed by atoms with van der Waals surface area (Å²) in [6, 6.07) is 0. The molecule has 0 saturated heterocycles. The molecule has 2 saturated carbocycles. The van der Waals surface area contributed by atoms with E-state index >= 15 is 0 Å². The van der Waals surface area contributed by atoms with Crippen LogP contribution in [0, 0.1) is 12.8 Å². The summed E-state index contributed by atoms with van der Waals surface area (Å²) >= 11 is 2.00. The normalized spacial score (nSPS) is 25.9. The molecule has 0 spiro atoms. The molecule has 21 heavy (non-hydrogen) atoms. The number of thioether (sulfide) groups is 1. The van der Waals surface area contributed by atoms with E-state index < -0.39 is 0 Å². The Labute approximate surface area is 132 Å². The maximum absolute atomic E-state index is 4.91. The lowest BCUT2D eigenvalue weighted by molar-refractivity contribution is 0.394. The minimum atomic E-state index is 0.618. The predicted molar refractivity (Wildman–Crippen MR) is 90.2 cm³/mol. The number of anilines is 1. The highest BCUT2D eigenvalue weighted by molar-refractivity contribution is 7.99. The fourth-order valence-electron chi connectivity index (χ4n) is 3.13. The number of nitrogens with zero attached hydrogens (tertiary/aromatic N) is 2. The smallest absolute Gasteiger partial charge is 0.135 e. The van der Waals surface area contributed by atoms with Gasteiger partial charge in [-0.05, 0) is 45.4 Å². The van der Waals surface area contributed by atoms with Crippen molar-refractivity contribution in [2.75, 3.05) is 11.9 Å². The fourth-order valence-corrected chi connectivity index (χ4v) is 4.58. The van der Waals surface area contributed by atoms with Crippen molar-refractivity contribution in [2.45, 2.75) is 75.5 Å². The van der Waals surface area contributed by atoms with Gasteiger partial charge in [0.05, 0.1) is 0 Å². The molecule has 1 aromatic heterocycles. The molecule has 3 rings (SSSR count). The van der Waals surface area contributed by atoms with Gasteiger partial charge in [0.1, 0.15) is 16.7 Å². The van der Waals surface area contributed by atoms with Crippen molar-refractivity contribution in [1.29, 1.82) is 0 Å². The van der Waals surface area contributed by atoms with Crippen molar-refractivity contribution in [2.24, 2.45) is 5.92 Å². The third-order valence-electron chi connectivity index (χ3n) is 4.57. The lowest BCUT2D eigenvalue weighted by Crippen LogP contribution is -2.16. The Morgan fingerprint density at radius 2 is 2.00 bits per heavy atom. The summed E-state index contributed by atoms with van der Waals surface area (Å²) in [5, 5.41) is 5.38. The van der Waals surface area contributed by atoms with Gasteiger partial charge >= 0.3 is 0 Å². The maximum atomic E-state index is 4.91. The maximum Gasteiger partial charge on any atom is 0.135 e. The first kappa shape index (κ1) is 15.1. The SMILES string of the molecule is CCNc1nc(C2CC2)nc(SC2CCCC(C)C2)c1C. The number of rotatable bonds is 5. The zero-order chi connectivity index (χ0) is 14.8. The first-order valence-corrected chi connectivity index (χ1v) is 9.34. The van der Waals surface area contributed by atoms with E-state index in [-0.39, 0.29) is 0 Å². The Morgan fingerprint density at radius 1 is 1.19 bits per heavy atom. The number of nitrogens with one attached hydrogen (secondary N) is 1. The van der Waals surface area contributed by atoms with Gasteiger partial charge in [-0.2, -0.15) is 0 Å². The van der Waals surface area contributed by atoms with E-state index in [1.807, 2.05) is 11.8 Å². The quantitative estimate of drug-likeness (QED) is 0.796. The summed E-state index contributed by atoms with van der Waals surface area (Å²) in [7, 11) is 0. The molecule has 116 valence electrons. The van der Waals surface area contributed by atoms with Gasteiger partial charge < -0.3 is 5.32 Å². The van der Waals surface area contributed by atoms with E-state index in [0.717, 1.165) is 29.4 Å². The molecule has 2 aliphatic carbocycles.